The molecule has 7 aromatic rings. The van der Waals surface area contributed by atoms with Crippen molar-refractivity contribution >= 4 is 124 Å². The number of hydrogen-bond donors (Lipinski definition) is 8. The Balaban J connectivity index is 1.02. The van der Waals surface area contributed by atoms with E-state index in [0.29, 0.717) is 39.4 Å². The fourth-order valence-electron chi connectivity index (χ4n) is 8.45. The molecule has 7 rings (SSSR count). The number of nitrogens with zero attached hydrogens (tertiary/aromatic N) is 3. The second kappa shape index (κ2) is 27.6. The predicted octanol–water partition coefficient (Wildman–Crippen LogP) is 12.2. The Morgan fingerprint density at radius 3 is 1.95 bits per heavy atom. The van der Waals surface area contributed by atoms with Gasteiger partial charge >= 0.3 is 5.97 Å². The van der Waals surface area contributed by atoms with Gasteiger partial charge < -0.3 is 46.3 Å². The van der Waals surface area contributed by atoms with E-state index in [1.807, 2.05) is 0 Å². The number of phenols is 2. The van der Waals surface area contributed by atoms with E-state index in [-0.39, 0.29) is 56.1 Å². The molecule has 6 aromatic carbocycles. The molecule has 0 saturated heterocycles. The van der Waals surface area contributed by atoms with Gasteiger partial charge in [-0.2, -0.15) is 4.37 Å². The second-order valence-electron chi connectivity index (χ2n) is 18.8. The maximum absolute atomic E-state index is 13.8. The van der Waals surface area contributed by atoms with Crippen molar-refractivity contribution in [1.29, 1.82) is 0 Å². The molecule has 418 valence electrons. The summed E-state index contributed by atoms with van der Waals surface area (Å²) in [5.41, 5.74) is 1.48. The lowest BCUT2D eigenvalue weighted by Gasteiger charge is -2.17. The summed E-state index contributed by atoms with van der Waals surface area (Å²) in [5, 5.41) is 45.5. The van der Waals surface area contributed by atoms with Gasteiger partial charge in [0.15, 0.2) is 17.4 Å². The molecule has 0 atom stereocenters. The lowest BCUT2D eigenvalue weighted by atomic mass is 10.0. The van der Waals surface area contributed by atoms with E-state index in [4.69, 9.17) is 9.47 Å². The highest BCUT2D eigenvalue weighted by Crippen LogP contribution is 2.42. The Bertz CT molecular complexity index is 3590. The molecule has 21 nitrogen and oxygen atoms in total. The van der Waals surface area contributed by atoms with Crippen LogP contribution in [0.2, 0.25) is 0 Å². The molecule has 0 aliphatic carbocycles. The van der Waals surface area contributed by atoms with Gasteiger partial charge in [-0.15, -0.1) is 10.2 Å². The molecule has 0 aliphatic heterocycles. The lowest BCUT2D eigenvalue weighted by Crippen LogP contribution is -2.20. The molecule has 0 bridgehead atoms. The van der Waals surface area contributed by atoms with Crippen molar-refractivity contribution in [1.82, 2.24) is 4.37 Å². The largest absolute Gasteiger partial charge is 0.506 e. The van der Waals surface area contributed by atoms with Gasteiger partial charge in [-0.1, -0.05) is 82.9 Å². The zero-order valence-corrected chi connectivity index (χ0v) is 46.1. The number of carbonyl (C=O) groups is 6. The molecule has 0 fully saturated rings. The molecule has 1 heterocycles. The number of nitrogens with one attached hydrogen (secondary N) is 6. The number of ether oxygens (including phenoxy) is 2. The number of azo groups is 1. The molecule has 0 unspecified atom stereocenters. The van der Waals surface area contributed by atoms with Crippen LogP contribution in [-0.2, 0) is 29.1 Å². The van der Waals surface area contributed by atoms with Gasteiger partial charge in [-0.3, -0.25) is 28.7 Å². The van der Waals surface area contributed by atoms with Crippen LogP contribution in [0, 0.1) is 0 Å². The van der Waals surface area contributed by atoms with Gasteiger partial charge in [0, 0.05) is 47.2 Å². The number of aromatic hydroxyl groups is 2. The summed E-state index contributed by atoms with van der Waals surface area (Å²) in [6, 6.07) is 25.2. The number of esters is 1. The lowest BCUT2D eigenvalue weighted by molar-refractivity contribution is -0.118. The highest BCUT2D eigenvalue weighted by Gasteiger charge is 2.23. The third-order valence-corrected chi connectivity index (χ3v) is 13.6. The minimum atomic E-state index is -3.64. The third kappa shape index (κ3) is 16.5. The molecule has 8 N–H and O–H groups in total. The number of amides is 5. The summed E-state index contributed by atoms with van der Waals surface area (Å²) in [6.45, 7) is 4.44. The van der Waals surface area contributed by atoms with Crippen LogP contribution in [0.25, 0.3) is 21.7 Å². The monoisotopic (exact) mass is 1130 g/mol. The first-order valence-corrected chi connectivity index (χ1v) is 28.4. The Labute approximate surface area is 465 Å². The zero-order chi connectivity index (χ0) is 57.3. The minimum absolute atomic E-state index is 0.0159. The number of anilines is 6. The average Bonchev–Trinajstić information content (AvgIpc) is 3.87. The standard InChI is InChI=1S/C57H61N9O12S2/c1-5-6-7-8-9-10-11-12-13-14-27-77-57(74)36-21-23-38(24-22-36)61-55(73)44-32-49(51-42(52(44)70)19-16-20-46(51)58-34(2)67)78-33-50(69)60-39-25-26-45-43(29-39)56(79-65-45)64-63-41-30-47(59-35(3)68)53(71)48(31-41)62-54(72)37-17-15-18-40(28-37)66-80(4,75)76/h15-26,28-32,66,70-71H,5-14,27,33H2,1-4H3,(H,58,67)(H,59,68)(H,60,69)(H,61,73)(H,62,72). The predicted molar refractivity (Wildman–Crippen MR) is 310 cm³/mol. The van der Waals surface area contributed by atoms with Crippen LogP contribution in [0.4, 0.5) is 44.8 Å². The number of benzene rings is 6. The van der Waals surface area contributed by atoms with Crippen LogP contribution in [-0.4, -0.2) is 78.0 Å². The summed E-state index contributed by atoms with van der Waals surface area (Å²) in [5.74, 6) is -4.46. The number of carbonyl (C=O) groups excluding carboxylic acids is 6. The quantitative estimate of drug-likeness (QED) is 0.0108. The number of unbranched alkanes of at least 4 members (excludes halogenated alkanes) is 9. The summed E-state index contributed by atoms with van der Waals surface area (Å²) < 4.78 is 41.8. The maximum atomic E-state index is 13.8. The van der Waals surface area contributed by atoms with Crippen molar-refractivity contribution in [3.8, 4) is 17.2 Å². The fourth-order valence-corrected chi connectivity index (χ4v) is 9.69. The summed E-state index contributed by atoms with van der Waals surface area (Å²) in [7, 11) is -3.64. The highest BCUT2D eigenvalue weighted by atomic mass is 32.2. The van der Waals surface area contributed by atoms with Crippen LogP contribution < -0.4 is 36.0 Å². The SMILES string of the molecule is CCCCCCCCCCCCOC(=O)c1ccc(NC(=O)c2cc(OCC(=O)Nc3ccc4nsc(N=Nc5cc(NC(C)=O)c(O)c(NC(=O)c6cccc(NS(C)(=O)=O)c6)c5)c4c3)c3c(NC(C)=O)cccc3c2O)cc1. The molecule has 5 amide bonds. The van der Waals surface area contributed by atoms with E-state index >= 15 is 0 Å². The van der Waals surface area contributed by atoms with Crippen molar-refractivity contribution in [3.05, 3.63) is 120 Å². The van der Waals surface area contributed by atoms with Crippen LogP contribution in [0.3, 0.4) is 0 Å². The number of sulfonamides is 1. The maximum Gasteiger partial charge on any atom is 0.338 e. The van der Waals surface area contributed by atoms with Gasteiger partial charge in [0.25, 0.3) is 17.7 Å². The van der Waals surface area contributed by atoms with Crippen molar-refractivity contribution in [2.24, 2.45) is 10.2 Å². The van der Waals surface area contributed by atoms with E-state index in [2.05, 4.69) is 52.8 Å². The number of rotatable bonds is 26. The number of phenolic OH excluding ortho intramolecular Hbond substituents is 2. The first-order chi connectivity index (χ1) is 38.3. The summed E-state index contributed by atoms with van der Waals surface area (Å²) in [4.78, 5) is 77.8. The Morgan fingerprint density at radius 1 is 0.613 bits per heavy atom. The molecule has 1 aromatic heterocycles. The van der Waals surface area contributed by atoms with Crippen LogP contribution >= 0.6 is 11.5 Å². The van der Waals surface area contributed by atoms with Crippen molar-refractivity contribution in [3.63, 3.8) is 0 Å². The molecular formula is C57H61N9O12S2. The van der Waals surface area contributed by atoms with Gasteiger partial charge in [0.2, 0.25) is 21.8 Å². The zero-order valence-electron chi connectivity index (χ0n) is 44.4. The van der Waals surface area contributed by atoms with Crippen molar-refractivity contribution in [2.45, 2.75) is 85.0 Å². The molecule has 80 heavy (non-hydrogen) atoms. The van der Waals surface area contributed by atoms with Gasteiger partial charge in [-0.25, -0.2) is 13.2 Å². The van der Waals surface area contributed by atoms with E-state index in [9.17, 15) is 47.4 Å². The van der Waals surface area contributed by atoms with Crippen LogP contribution in [0.15, 0.2) is 113 Å². The van der Waals surface area contributed by atoms with Crippen molar-refractivity contribution < 1.29 is 56.9 Å². The molecule has 23 heteroatoms. The summed E-state index contributed by atoms with van der Waals surface area (Å²) >= 11 is 0.986. The van der Waals surface area contributed by atoms with E-state index in [1.165, 1.54) is 132 Å². The molecular weight excluding hydrogens is 1070 g/mol. The van der Waals surface area contributed by atoms with Gasteiger partial charge in [-0.05, 0) is 103 Å². The second-order valence-corrected chi connectivity index (χ2v) is 21.3. The first kappa shape index (κ1) is 58.7. The normalized spacial score (nSPS) is 11.3. The minimum Gasteiger partial charge on any atom is -0.506 e. The number of aromatic nitrogens is 1. The Morgan fingerprint density at radius 2 is 1.26 bits per heavy atom. The molecule has 0 aliphatic rings. The first-order valence-electron chi connectivity index (χ1n) is 25.8. The Hall–Kier alpha value is -8.96. The average molecular weight is 1130 g/mol. The van der Waals surface area contributed by atoms with Crippen LogP contribution in [0.5, 0.6) is 17.2 Å². The van der Waals surface area contributed by atoms with Gasteiger partial charge in [0.1, 0.15) is 11.5 Å². The smallest absolute Gasteiger partial charge is 0.338 e. The fraction of sp³-hybridized carbons (Fsp3) is 0.281. The highest BCUT2D eigenvalue weighted by molar-refractivity contribution is 7.92. The van der Waals surface area contributed by atoms with E-state index < -0.39 is 63.6 Å². The third-order valence-electron chi connectivity index (χ3n) is 12.2. The topological polar surface area (TPSA) is 305 Å². The van der Waals surface area contributed by atoms with Crippen LogP contribution in [0.1, 0.15) is 116 Å². The number of fused-ring (bicyclic) bond motifs is 2. The molecule has 0 saturated carbocycles. The Kier molecular flexibility index (Phi) is 20.2. The molecule has 0 radical (unpaired) electrons. The van der Waals surface area contributed by atoms with Crippen molar-refractivity contribution in [2.75, 3.05) is 50.8 Å². The van der Waals surface area contributed by atoms with E-state index in [1.54, 1.807) is 30.3 Å². The number of hydrogen-bond acceptors (Lipinski definition) is 16. The van der Waals surface area contributed by atoms with Gasteiger partial charge in [0.05, 0.1) is 57.6 Å². The molecule has 0 spiro atoms. The summed E-state index contributed by atoms with van der Waals surface area (Å²) in [6.07, 6.45) is 12.6. The van der Waals surface area contributed by atoms with E-state index in [0.717, 1.165) is 37.1 Å².